The van der Waals surface area contributed by atoms with Crippen LogP contribution in [0, 0.1) is 6.92 Å². The molecule has 0 spiro atoms. The van der Waals surface area contributed by atoms with Crippen LogP contribution in [0.5, 0.6) is 0 Å². The monoisotopic (exact) mass is 367 g/mol. The average molecular weight is 369 g/mol. The third-order valence-corrected chi connectivity index (χ3v) is 4.01. The van der Waals surface area contributed by atoms with Crippen molar-refractivity contribution < 1.29 is 14.7 Å². The summed E-state index contributed by atoms with van der Waals surface area (Å²) < 4.78 is 0.896. The van der Waals surface area contributed by atoms with Crippen LogP contribution in [0.25, 0.3) is 0 Å². The van der Waals surface area contributed by atoms with Crippen LogP contribution in [0.3, 0.4) is 0 Å². The van der Waals surface area contributed by atoms with E-state index in [1.807, 2.05) is 6.92 Å². The number of benzene rings is 2. The second kappa shape index (κ2) is 6.28. The second-order valence-corrected chi connectivity index (χ2v) is 5.70. The Bertz CT molecular complexity index is 731. The molecule has 0 fully saturated rings. The fourth-order valence-corrected chi connectivity index (χ4v) is 2.21. The highest BCUT2D eigenvalue weighted by Gasteiger charge is 2.14. The number of hydrogen-bond acceptors (Lipinski definition) is 2. The fraction of sp³-hybridized carbons (Fsp3) is 0.0667. The molecule has 0 radical (unpaired) electrons. The van der Waals surface area contributed by atoms with Crippen LogP contribution in [0.2, 0.25) is 5.02 Å². The third kappa shape index (κ3) is 3.62. The van der Waals surface area contributed by atoms with E-state index in [9.17, 15) is 9.59 Å². The lowest BCUT2D eigenvalue weighted by atomic mass is 10.1. The summed E-state index contributed by atoms with van der Waals surface area (Å²) in [5, 5.41) is 12.0. The Balaban J connectivity index is 2.33. The molecule has 2 N–H and O–H groups in total. The molecule has 0 aromatic heterocycles. The molecule has 0 aliphatic rings. The molecule has 0 saturated heterocycles. The van der Waals surface area contributed by atoms with Gasteiger partial charge in [0.15, 0.2) is 0 Å². The Hall–Kier alpha value is -1.85. The van der Waals surface area contributed by atoms with Crippen molar-refractivity contribution in [1.82, 2.24) is 0 Å². The topological polar surface area (TPSA) is 66.4 Å². The number of carboxylic acids is 1. The Kier molecular flexibility index (Phi) is 4.65. The van der Waals surface area contributed by atoms with Gasteiger partial charge < -0.3 is 10.4 Å². The number of carbonyl (C=O) groups excluding carboxylic acids is 1. The highest BCUT2D eigenvalue weighted by atomic mass is 79.9. The zero-order chi connectivity index (χ0) is 15.6. The predicted molar refractivity (Wildman–Crippen MR) is 85.2 cm³/mol. The molecule has 0 aliphatic heterocycles. The minimum Gasteiger partial charge on any atom is -0.478 e. The van der Waals surface area contributed by atoms with Gasteiger partial charge in [0.2, 0.25) is 0 Å². The summed E-state index contributed by atoms with van der Waals surface area (Å²) in [5.74, 6) is -1.52. The second-order valence-electron chi connectivity index (χ2n) is 4.41. The SMILES string of the molecule is Cc1cc(C(=O)Nc2cc(Cl)ccc2C(=O)O)ccc1Br. The molecule has 1 amide bonds. The highest BCUT2D eigenvalue weighted by molar-refractivity contribution is 9.10. The first-order chi connectivity index (χ1) is 9.88. The number of nitrogens with one attached hydrogen (secondary N) is 1. The van der Waals surface area contributed by atoms with E-state index in [0.717, 1.165) is 10.0 Å². The maximum atomic E-state index is 12.2. The first kappa shape index (κ1) is 15.5. The Morgan fingerprint density at radius 2 is 1.90 bits per heavy atom. The van der Waals surface area contributed by atoms with Gasteiger partial charge >= 0.3 is 5.97 Å². The number of anilines is 1. The maximum Gasteiger partial charge on any atom is 0.337 e. The van der Waals surface area contributed by atoms with Crippen LogP contribution in [0.4, 0.5) is 5.69 Å². The van der Waals surface area contributed by atoms with Crippen LogP contribution in [0.15, 0.2) is 40.9 Å². The summed E-state index contributed by atoms with van der Waals surface area (Å²) in [6.07, 6.45) is 0. The van der Waals surface area contributed by atoms with Crippen LogP contribution < -0.4 is 5.32 Å². The van der Waals surface area contributed by atoms with Gasteiger partial charge in [-0.05, 0) is 48.9 Å². The zero-order valence-electron chi connectivity index (χ0n) is 11.0. The maximum absolute atomic E-state index is 12.2. The van der Waals surface area contributed by atoms with E-state index in [1.165, 1.54) is 18.2 Å². The Morgan fingerprint density at radius 1 is 1.19 bits per heavy atom. The number of aryl methyl sites for hydroxylation is 1. The Labute approximate surface area is 134 Å². The van der Waals surface area contributed by atoms with E-state index >= 15 is 0 Å². The number of amides is 1. The van der Waals surface area contributed by atoms with Gasteiger partial charge in [-0.25, -0.2) is 4.79 Å². The average Bonchev–Trinajstić information content (AvgIpc) is 2.41. The van der Waals surface area contributed by atoms with E-state index in [1.54, 1.807) is 18.2 Å². The van der Waals surface area contributed by atoms with Gasteiger partial charge in [-0.3, -0.25) is 4.79 Å². The minimum atomic E-state index is -1.13. The number of halogens is 2. The van der Waals surface area contributed by atoms with Crippen molar-refractivity contribution in [3.63, 3.8) is 0 Å². The Morgan fingerprint density at radius 3 is 2.52 bits per heavy atom. The van der Waals surface area contributed by atoms with Crippen molar-refractivity contribution in [1.29, 1.82) is 0 Å². The molecule has 108 valence electrons. The molecule has 0 heterocycles. The molecule has 6 heteroatoms. The van der Waals surface area contributed by atoms with Gasteiger partial charge in [-0.15, -0.1) is 0 Å². The van der Waals surface area contributed by atoms with Crippen molar-refractivity contribution >= 4 is 45.1 Å². The van der Waals surface area contributed by atoms with Gasteiger partial charge in [0.1, 0.15) is 0 Å². The predicted octanol–water partition coefficient (Wildman–Crippen LogP) is 4.36. The summed E-state index contributed by atoms with van der Waals surface area (Å²) in [7, 11) is 0. The molecule has 2 aromatic carbocycles. The lowest BCUT2D eigenvalue weighted by molar-refractivity contribution is 0.0698. The highest BCUT2D eigenvalue weighted by Crippen LogP contribution is 2.23. The minimum absolute atomic E-state index is 0.0124. The summed E-state index contributed by atoms with van der Waals surface area (Å²) in [6.45, 7) is 1.86. The van der Waals surface area contributed by atoms with Crippen molar-refractivity contribution in [3.8, 4) is 0 Å². The van der Waals surface area contributed by atoms with Crippen molar-refractivity contribution in [2.75, 3.05) is 5.32 Å². The van der Waals surface area contributed by atoms with Crippen LogP contribution in [0.1, 0.15) is 26.3 Å². The van der Waals surface area contributed by atoms with Gasteiger partial charge in [-0.2, -0.15) is 0 Å². The normalized spacial score (nSPS) is 10.2. The first-order valence-electron chi connectivity index (χ1n) is 5.99. The number of rotatable bonds is 3. The van der Waals surface area contributed by atoms with Gasteiger partial charge in [0, 0.05) is 15.1 Å². The molecule has 0 atom stereocenters. The van der Waals surface area contributed by atoms with Crippen LogP contribution in [-0.4, -0.2) is 17.0 Å². The van der Waals surface area contributed by atoms with Gasteiger partial charge in [0.05, 0.1) is 11.3 Å². The van der Waals surface area contributed by atoms with Crippen molar-refractivity contribution in [2.45, 2.75) is 6.92 Å². The molecule has 21 heavy (non-hydrogen) atoms. The molecular weight excluding hydrogens is 358 g/mol. The molecule has 2 rings (SSSR count). The number of aromatic carboxylic acids is 1. The number of carboxylic acid groups (broad SMARTS) is 1. The van der Waals surface area contributed by atoms with Gasteiger partial charge in [-0.1, -0.05) is 27.5 Å². The zero-order valence-corrected chi connectivity index (χ0v) is 13.3. The largest absolute Gasteiger partial charge is 0.478 e. The lowest BCUT2D eigenvalue weighted by Gasteiger charge is -2.10. The number of hydrogen-bond donors (Lipinski definition) is 2. The van der Waals surface area contributed by atoms with E-state index < -0.39 is 11.9 Å². The summed E-state index contributed by atoms with van der Waals surface area (Å²) >= 11 is 9.21. The van der Waals surface area contributed by atoms with E-state index in [2.05, 4.69) is 21.2 Å². The molecular formula is C15H11BrClNO3. The molecule has 0 aliphatic carbocycles. The molecule has 2 aromatic rings. The molecule has 0 saturated carbocycles. The standard InChI is InChI=1S/C15H11BrClNO3/c1-8-6-9(2-5-12(8)16)14(19)18-13-7-10(17)3-4-11(13)15(20)21/h2-7H,1H3,(H,18,19)(H,20,21). The summed E-state index contributed by atoms with van der Waals surface area (Å²) in [6, 6.07) is 9.36. The van der Waals surface area contributed by atoms with Crippen LogP contribution in [-0.2, 0) is 0 Å². The first-order valence-corrected chi connectivity index (χ1v) is 7.16. The van der Waals surface area contributed by atoms with Crippen LogP contribution >= 0.6 is 27.5 Å². The molecule has 0 unspecified atom stereocenters. The third-order valence-electron chi connectivity index (χ3n) is 2.88. The van der Waals surface area contributed by atoms with E-state index in [4.69, 9.17) is 16.7 Å². The smallest absolute Gasteiger partial charge is 0.337 e. The summed E-state index contributed by atoms with van der Waals surface area (Å²) in [5.41, 5.74) is 1.50. The van der Waals surface area contributed by atoms with Crippen molar-refractivity contribution in [2.24, 2.45) is 0 Å². The van der Waals surface area contributed by atoms with Crippen molar-refractivity contribution in [3.05, 3.63) is 62.6 Å². The van der Waals surface area contributed by atoms with Gasteiger partial charge in [0.25, 0.3) is 5.91 Å². The number of carbonyl (C=O) groups is 2. The quantitative estimate of drug-likeness (QED) is 0.846. The van der Waals surface area contributed by atoms with E-state index in [-0.39, 0.29) is 11.3 Å². The molecule has 0 bridgehead atoms. The van der Waals surface area contributed by atoms with E-state index in [0.29, 0.717) is 10.6 Å². The lowest BCUT2D eigenvalue weighted by Crippen LogP contribution is -2.15. The molecule has 4 nitrogen and oxygen atoms in total. The fourth-order valence-electron chi connectivity index (χ4n) is 1.79. The summed E-state index contributed by atoms with van der Waals surface area (Å²) in [4.78, 5) is 23.4.